The average Bonchev–Trinajstić information content (AvgIpc) is 3.07. The van der Waals surface area contributed by atoms with Crippen LogP contribution >= 0.6 is 11.8 Å². The third-order valence-electron chi connectivity index (χ3n) is 3.67. The summed E-state index contributed by atoms with van der Waals surface area (Å²) in [6.45, 7) is 2.90. The number of halogens is 1. The lowest BCUT2D eigenvalue weighted by Gasteiger charge is -2.21. The van der Waals surface area contributed by atoms with E-state index in [2.05, 4.69) is 10.1 Å². The Morgan fingerprint density at radius 2 is 2.29 bits per heavy atom. The molecule has 7 heteroatoms. The van der Waals surface area contributed by atoms with E-state index in [4.69, 9.17) is 15.0 Å². The van der Waals surface area contributed by atoms with Gasteiger partial charge in [-0.15, -0.1) is 11.8 Å². The molecule has 2 N–H and O–H groups in total. The lowest BCUT2D eigenvalue weighted by atomic mass is 9.86. The highest BCUT2D eigenvalue weighted by Crippen LogP contribution is 2.31. The molecule has 1 aliphatic heterocycles. The summed E-state index contributed by atoms with van der Waals surface area (Å²) in [5.74, 6) is 1.20. The first-order valence-corrected chi connectivity index (χ1v) is 7.62. The number of hydrogen-bond acceptors (Lipinski definition) is 6. The van der Waals surface area contributed by atoms with E-state index in [1.54, 1.807) is 18.2 Å². The van der Waals surface area contributed by atoms with Gasteiger partial charge in [0.25, 0.3) is 0 Å². The van der Waals surface area contributed by atoms with Gasteiger partial charge in [0.05, 0.1) is 24.4 Å². The summed E-state index contributed by atoms with van der Waals surface area (Å²) < 4.78 is 24.2. The molecule has 0 saturated carbocycles. The Bertz CT molecular complexity index is 636. The Balaban J connectivity index is 1.70. The van der Waals surface area contributed by atoms with Crippen LogP contribution in [0.4, 0.5) is 4.39 Å². The first-order valence-electron chi connectivity index (χ1n) is 6.63. The largest absolute Gasteiger partial charge is 0.379 e. The molecule has 0 radical (unpaired) electrons. The van der Waals surface area contributed by atoms with Crippen molar-refractivity contribution in [3.63, 3.8) is 0 Å². The first-order chi connectivity index (χ1) is 10.1. The Hall–Kier alpha value is -1.44. The minimum atomic E-state index is -0.450. The van der Waals surface area contributed by atoms with Gasteiger partial charge in [0.2, 0.25) is 5.89 Å². The zero-order valence-electron chi connectivity index (χ0n) is 11.6. The lowest BCUT2D eigenvalue weighted by molar-refractivity contribution is 0.169. The number of thioether (sulfide) groups is 1. The van der Waals surface area contributed by atoms with E-state index in [1.807, 2.05) is 6.92 Å². The Kier molecular flexibility index (Phi) is 3.97. The number of nitrogens with two attached hydrogens (primary N) is 1. The maximum atomic E-state index is 13.5. The smallest absolute Gasteiger partial charge is 0.236 e. The molecular weight excluding hydrogens is 293 g/mol. The number of nitrogens with zero attached hydrogens (tertiary/aromatic N) is 2. The van der Waals surface area contributed by atoms with E-state index in [1.165, 1.54) is 17.8 Å². The van der Waals surface area contributed by atoms with Crippen molar-refractivity contribution < 1.29 is 13.7 Å². The highest BCUT2D eigenvalue weighted by molar-refractivity contribution is 7.98. The van der Waals surface area contributed by atoms with E-state index in [0.717, 1.165) is 0 Å². The predicted octanol–water partition coefficient (Wildman–Crippen LogP) is 2.12. The molecule has 3 rings (SSSR count). The summed E-state index contributed by atoms with van der Waals surface area (Å²) in [6, 6.07) is 6.45. The molecule has 0 aliphatic carbocycles. The van der Waals surface area contributed by atoms with Crippen molar-refractivity contribution in [2.75, 3.05) is 13.2 Å². The zero-order chi connectivity index (χ0) is 14.9. The molecule has 1 aromatic carbocycles. The number of rotatable bonds is 4. The fraction of sp³-hybridized carbons (Fsp3) is 0.429. The standard InChI is InChI=1S/C14H16FN3O2S/c1-14(8-19-6-11(14)16)13-17-12(18-20-13)7-21-10-5-3-2-4-9(10)15/h2-5,11H,6-8,16H2,1H3. The summed E-state index contributed by atoms with van der Waals surface area (Å²) in [4.78, 5) is 4.94. The van der Waals surface area contributed by atoms with Gasteiger partial charge in [-0.1, -0.05) is 17.3 Å². The number of aromatic nitrogens is 2. The molecule has 5 nitrogen and oxygen atoms in total. The lowest BCUT2D eigenvalue weighted by Crippen LogP contribution is -2.42. The van der Waals surface area contributed by atoms with Crippen LogP contribution in [0, 0.1) is 5.82 Å². The summed E-state index contributed by atoms with van der Waals surface area (Å²) in [6.07, 6.45) is 0. The third-order valence-corrected chi connectivity index (χ3v) is 4.71. The molecule has 2 heterocycles. The molecule has 1 aromatic heterocycles. The van der Waals surface area contributed by atoms with Gasteiger partial charge >= 0.3 is 0 Å². The van der Waals surface area contributed by atoms with Crippen molar-refractivity contribution >= 4 is 11.8 Å². The summed E-state index contributed by atoms with van der Waals surface area (Å²) >= 11 is 1.33. The minimum Gasteiger partial charge on any atom is -0.379 e. The van der Waals surface area contributed by atoms with Crippen molar-refractivity contribution in [3.8, 4) is 0 Å². The van der Waals surface area contributed by atoms with Gasteiger partial charge in [-0.05, 0) is 19.1 Å². The molecule has 1 saturated heterocycles. The van der Waals surface area contributed by atoms with E-state index in [9.17, 15) is 4.39 Å². The van der Waals surface area contributed by atoms with Crippen LogP contribution in [0.2, 0.25) is 0 Å². The normalized spacial score (nSPS) is 25.4. The topological polar surface area (TPSA) is 74.2 Å². The monoisotopic (exact) mass is 309 g/mol. The van der Waals surface area contributed by atoms with E-state index < -0.39 is 5.41 Å². The zero-order valence-corrected chi connectivity index (χ0v) is 12.4. The van der Waals surface area contributed by atoms with E-state index in [-0.39, 0.29) is 11.9 Å². The molecule has 112 valence electrons. The molecule has 1 fully saturated rings. The average molecular weight is 309 g/mol. The second kappa shape index (κ2) is 5.75. The van der Waals surface area contributed by atoms with Gasteiger partial charge in [0.1, 0.15) is 5.82 Å². The van der Waals surface area contributed by atoms with E-state index in [0.29, 0.717) is 35.6 Å². The summed E-state index contributed by atoms with van der Waals surface area (Å²) in [5.41, 5.74) is 5.58. The molecule has 21 heavy (non-hydrogen) atoms. The number of ether oxygens (including phenoxy) is 1. The van der Waals surface area contributed by atoms with Gasteiger partial charge < -0.3 is 15.0 Å². The fourth-order valence-electron chi connectivity index (χ4n) is 2.16. The Labute approximate surface area is 126 Å². The molecule has 1 aliphatic rings. The second-order valence-corrected chi connectivity index (χ2v) is 6.29. The van der Waals surface area contributed by atoms with Crippen LogP contribution in [0.3, 0.4) is 0 Å². The van der Waals surface area contributed by atoms with Crippen LogP contribution in [0.1, 0.15) is 18.6 Å². The van der Waals surface area contributed by atoms with Gasteiger partial charge in [0.15, 0.2) is 5.82 Å². The Morgan fingerprint density at radius 1 is 1.48 bits per heavy atom. The number of hydrogen-bond donors (Lipinski definition) is 1. The predicted molar refractivity (Wildman–Crippen MR) is 76.4 cm³/mol. The molecule has 2 aromatic rings. The molecule has 2 unspecified atom stereocenters. The van der Waals surface area contributed by atoms with Crippen molar-refractivity contribution in [1.29, 1.82) is 0 Å². The van der Waals surface area contributed by atoms with Crippen molar-refractivity contribution in [1.82, 2.24) is 10.1 Å². The van der Waals surface area contributed by atoms with Crippen LogP contribution in [-0.2, 0) is 15.9 Å². The van der Waals surface area contributed by atoms with Gasteiger partial charge in [-0.3, -0.25) is 0 Å². The number of benzene rings is 1. The van der Waals surface area contributed by atoms with Crippen LogP contribution in [-0.4, -0.2) is 29.4 Å². The maximum absolute atomic E-state index is 13.5. The first kappa shape index (κ1) is 14.5. The third kappa shape index (κ3) is 2.81. The maximum Gasteiger partial charge on any atom is 0.236 e. The molecule has 2 atom stereocenters. The summed E-state index contributed by atoms with van der Waals surface area (Å²) in [5, 5.41) is 3.94. The highest BCUT2D eigenvalue weighted by atomic mass is 32.2. The Morgan fingerprint density at radius 3 is 3.00 bits per heavy atom. The van der Waals surface area contributed by atoms with Crippen LogP contribution in [0.5, 0.6) is 0 Å². The van der Waals surface area contributed by atoms with Gasteiger partial charge in [-0.2, -0.15) is 4.98 Å². The van der Waals surface area contributed by atoms with Crippen LogP contribution in [0.25, 0.3) is 0 Å². The molecule has 0 bridgehead atoms. The molecule has 0 spiro atoms. The summed E-state index contributed by atoms with van der Waals surface area (Å²) in [7, 11) is 0. The van der Waals surface area contributed by atoms with Crippen LogP contribution in [0.15, 0.2) is 33.7 Å². The highest BCUT2D eigenvalue weighted by Gasteiger charge is 2.44. The second-order valence-electron chi connectivity index (χ2n) is 5.27. The van der Waals surface area contributed by atoms with Crippen molar-refractivity contribution in [3.05, 3.63) is 41.8 Å². The SMILES string of the molecule is CC1(c2nc(CSc3ccccc3F)no2)COCC1N. The van der Waals surface area contributed by atoms with Crippen molar-refractivity contribution in [2.45, 2.75) is 29.0 Å². The van der Waals surface area contributed by atoms with Gasteiger partial charge in [0, 0.05) is 10.9 Å². The fourth-order valence-corrected chi connectivity index (χ4v) is 2.94. The quantitative estimate of drug-likeness (QED) is 0.872. The molecule has 0 amide bonds. The van der Waals surface area contributed by atoms with Gasteiger partial charge in [-0.25, -0.2) is 4.39 Å². The molecular formula is C14H16FN3O2S. The van der Waals surface area contributed by atoms with E-state index >= 15 is 0 Å². The minimum absolute atomic E-state index is 0.162. The van der Waals surface area contributed by atoms with Crippen LogP contribution < -0.4 is 5.73 Å². The van der Waals surface area contributed by atoms with Crippen molar-refractivity contribution in [2.24, 2.45) is 5.73 Å².